The Balaban J connectivity index is 1.26. The zero-order chi connectivity index (χ0) is 33.9. The minimum atomic E-state index is 0.645. The summed E-state index contributed by atoms with van der Waals surface area (Å²) in [6.45, 7) is 0. The molecule has 0 bridgehead atoms. The molecule has 0 amide bonds. The van der Waals surface area contributed by atoms with Gasteiger partial charge in [0.25, 0.3) is 0 Å². The zero-order valence-electron chi connectivity index (χ0n) is 27.5. The maximum absolute atomic E-state index is 9.90. The number of hydrogen-bond donors (Lipinski definition) is 0. The van der Waals surface area contributed by atoms with Gasteiger partial charge in [-0.05, 0) is 104 Å². The van der Waals surface area contributed by atoms with Gasteiger partial charge in [-0.3, -0.25) is 9.97 Å². The van der Waals surface area contributed by atoms with Gasteiger partial charge >= 0.3 is 0 Å². The Labute approximate surface area is 294 Å². The van der Waals surface area contributed by atoms with Gasteiger partial charge in [-0.25, -0.2) is 0 Å². The lowest BCUT2D eigenvalue weighted by molar-refractivity contribution is 1.20. The Bertz CT molecular complexity index is 3020. The first-order chi connectivity index (χ1) is 25.3. The number of fused-ring (bicyclic) bond motifs is 6. The molecule has 10 rings (SSSR count). The first-order valence-electron chi connectivity index (χ1n) is 17.0. The molecule has 4 heteroatoms. The van der Waals surface area contributed by atoms with Crippen LogP contribution >= 0.6 is 0 Å². The van der Waals surface area contributed by atoms with Crippen LogP contribution in [0.3, 0.4) is 0 Å². The Hall–Kier alpha value is -7.09. The van der Waals surface area contributed by atoms with Crippen LogP contribution in [-0.4, -0.2) is 14.5 Å². The molecule has 4 nitrogen and oxygen atoms in total. The van der Waals surface area contributed by atoms with E-state index in [0.29, 0.717) is 5.56 Å². The summed E-state index contributed by atoms with van der Waals surface area (Å²) in [5.41, 5.74) is 10.6. The van der Waals surface area contributed by atoms with Gasteiger partial charge in [0, 0.05) is 52.1 Å². The van der Waals surface area contributed by atoms with Crippen molar-refractivity contribution in [1.82, 2.24) is 14.5 Å². The second kappa shape index (κ2) is 11.5. The molecule has 0 fully saturated rings. The van der Waals surface area contributed by atoms with Crippen molar-refractivity contribution in [2.75, 3.05) is 0 Å². The van der Waals surface area contributed by atoms with Gasteiger partial charge in [0.1, 0.15) is 0 Å². The summed E-state index contributed by atoms with van der Waals surface area (Å²) in [6.07, 6.45) is 7.56. The second-order valence-corrected chi connectivity index (χ2v) is 12.9. The fraction of sp³-hybridized carbons (Fsp3) is 0. The minimum Gasteiger partial charge on any atom is -0.309 e. The molecule has 51 heavy (non-hydrogen) atoms. The average molecular weight is 649 g/mol. The van der Waals surface area contributed by atoms with Crippen LogP contribution in [0, 0.1) is 11.3 Å². The van der Waals surface area contributed by atoms with Crippen LogP contribution in [0.25, 0.3) is 93.2 Å². The van der Waals surface area contributed by atoms with E-state index < -0.39 is 0 Å². The molecule has 0 saturated carbocycles. The third-order valence-corrected chi connectivity index (χ3v) is 10.2. The molecule has 0 aliphatic heterocycles. The molecule has 236 valence electrons. The van der Waals surface area contributed by atoms with Crippen molar-refractivity contribution in [3.8, 4) is 45.1 Å². The first kappa shape index (κ1) is 28.9. The molecule has 0 radical (unpaired) electrons. The van der Waals surface area contributed by atoms with Crippen molar-refractivity contribution in [3.63, 3.8) is 0 Å². The molecule has 3 heterocycles. The van der Waals surface area contributed by atoms with Gasteiger partial charge in [-0.2, -0.15) is 5.26 Å². The topological polar surface area (TPSA) is 54.5 Å². The van der Waals surface area contributed by atoms with Crippen molar-refractivity contribution >= 4 is 54.1 Å². The fourth-order valence-corrected chi connectivity index (χ4v) is 7.94. The van der Waals surface area contributed by atoms with Gasteiger partial charge in [0.15, 0.2) is 0 Å². The van der Waals surface area contributed by atoms with Crippen LogP contribution in [0.1, 0.15) is 5.56 Å². The van der Waals surface area contributed by atoms with E-state index in [1.165, 1.54) is 27.1 Å². The smallest absolute Gasteiger partial charge is 0.0991 e. The predicted molar refractivity (Wildman–Crippen MR) is 210 cm³/mol. The Morgan fingerprint density at radius 2 is 1.00 bits per heavy atom. The molecule has 0 saturated heterocycles. The molecular weight excluding hydrogens is 621 g/mol. The standard InChI is InChI=1S/C47H28N4/c48-27-30-16-20-44-40(24-30)41-25-33(18-21-45(41)51(44)43-15-5-9-31-8-1-2-12-36(31)43)32-17-19-39-42(26-32)47(35-11-7-23-50-29-35)38-14-4-3-13-37(38)46(39)34-10-6-22-49-28-34/h1-26,28-29H. The van der Waals surface area contributed by atoms with Crippen LogP contribution in [0.4, 0.5) is 0 Å². The maximum Gasteiger partial charge on any atom is 0.0991 e. The lowest BCUT2D eigenvalue weighted by Crippen LogP contribution is -1.95. The van der Waals surface area contributed by atoms with Crippen molar-refractivity contribution in [2.24, 2.45) is 0 Å². The number of nitrogens with zero attached hydrogens (tertiary/aromatic N) is 4. The SMILES string of the molecule is N#Cc1ccc2c(c1)c1cc(-c3ccc4c(-c5cccnc5)c5ccccc5c(-c5cccnc5)c4c3)ccc1n2-c1cccc2ccccc12. The summed E-state index contributed by atoms with van der Waals surface area (Å²) in [5.74, 6) is 0. The van der Waals surface area contributed by atoms with E-state index in [4.69, 9.17) is 0 Å². The van der Waals surface area contributed by atoms with Gasteiger partial charge in [-0.15, -0.1) is 0 Å². The van der Waals surface area contributed by atoms with Crippen LogP contribution in [-0.2, 0) is 0 Å². The van der Waals surface area contributed by atoms with Crippen molar-refractivity contribution in [2.45, 2.75) is 0 Å². The Morgan fingerprint density at radius 3 is 1.69 bits per heavy atom. The highest BCUT2D eigenvalue weighted by atomic mass is 15.0. The van der Waals surface area contributed by atoms with Crippen LogP contribution in [0.2, 0.25) is 0 Å². The van der Waals surface area contributed by atoms with Gasteiger partial charge in [-0.1, -0.05) is 91.0 Å². The molecule has 0 aliphatic carbocycles. The highest BCUT2D eigenvalue weighted by Crippen LogP contribution is 2.45. The molecule has 0 unspecified atom stereocenters. The van der Waals surface area contributed by atoms with E-state index >= 15 is 0 Å². The average Bonchev–Trinajstić information content (AvgIpc) is 3.52. The third kappa shape index (κ3) is 4.53. The predicted octanol–water partition coefficient (Wildman–Crippen LogP) is 11.9. The second-order valence-electron chi connectivity index (χ2n) is 12.9. The lowest BCUT2D eigenvalue weighted by atomic mass is 9.85. The monoisotopic (exact) mass is 648 g/mol. The van der Waals surface area contributed by atoms with E-state index in [1.54, 1.807) is 0 Å². The molecule has 0 spiro atoms. The lowest BCUT2D eigenvalue weighted by Gasteiger charge is -2.18. The molecule has 7 aromatic carbocycles. The third-order valence-electron chi connectivity index (χ3n) is 10.2. The Morgan fingerprint density at radius 1 is 0.431 bits per heavy atom. The summed E-state index contributed by atoms with van der Waals surface area (Å²) in [4.78, 5) is 9.02. The van der Waals surface area contributed by atoms with Crippen molar-refractivity contribution < 1.29 is 0 Å². The molecular formula is C47H28N4. The Kier molecular flexibility index (Phi) is 6.52. The van der Waals surface area contributed by atoms with E-state index in [9.17, 15) is 5.26 Å². The molecule has 3 aromatic heterocycles. The number of nitriles is 1. The fourth-order valence-electron chi connectivity index (χ4n) is 7.94. The summed E-state index contributed by atoms with van der Waals surface area (Å²) < 4.78 is 2.34. The van der Waals surface area contributed by atoms with E-state index in [1.807, 2.05) is 49.1 Å². The van der Waals surface area contributed by atoms with Gasteiger partial charge in [0.05, 0.1) is 28.4 Å². The number of pyridine rings is 2. The van der Waals surface area contributed by atoms with E-state index in [-0.39, 0.29) is 0 Å². The van der Waals surface area contributed by atoms with Crippen molar-refractivity contribution in [3.05, 3.63) is 176 Å². The molecule has 0 aliphatic rings. The summed E-state index contributed by atoms with van der Waals surface area (Å²) in [5, 5.41) is 19.1. The first-order valence-corrected chi connectivity index (χ1v) is 17.0. The highest BCUT2D eigenvalue weighted by Gasteiger charge is 2.19. The van der Waals surface area contributed by atoms with Gasteiger partial charge < -0.3 is 4.57 Å². The zero-order valence-corrected chi connectivity index (χ0v) is 27.5. The highest BCUT2D eigenvalue weighted by molar-refractivity contribution is 6.22. The van der Waals surface area contributed by atoms with Crippen LogP contribution in [0.5, 0.6) is 0 Å². The number of rotatable bonds is 4. The van der Waals surface area contributed by atoms with Gasteiger partial charge in [0.2, 0.25) is 0 Å². The van der Waals surface area contributed by atoms with Crippen molar-refractivity contribution in [1.29, 1.82) is 5.26 Å². The quantitative estimate of drug-likeness (QED) is 0.178. The normalized spacial score (nSPS) is 11.5. The summed E-state index contributed by atoms with van der Waals surface area (Å²) in [7, 11) is 0. The largest absolute Gasteiger partial charge is 0.309 e. The van der Waals surface area contributed by atoms with E-state index in [2.05, 4.69) is 142 Å². The van der Waals surface area contributed by atoms with Crippen LogP contribution < -0.4 is 0 Å². The minimum absolute atomic E-state index is 0.645. The van der Waals surface area contributed by atoms with E-state index in [0.717, 1.165) is 66.1 Å². The van der Waals surface area contributed by atoms with Crippen LogP contribution in [0.15, 0.2) is 170 Å². The number of hydrogen-bond acceptors (Lipinski definition) is 3. The summed E-state index contributed by atoms with van der Waals surface area (Å²) >= 11 is 0. The molecule has 0 atom stereocenters. The molecule has 10 aromatic rings. The summed E-state index contributed by atoms with van der Waals surface area (Å²) in [6, 6.07) is 53.8. The molecule has 0 N–H and O–H groups in total. The maximum atomic E-state index is 9.90. The number of benzene rings is 7. The number of aromatic nitrogens is 3.